The van der Waals surface area contributed by atoms with Crippen molar-refractivity contribution in [3.8, 4) is 6.07 Å². The fourth-order valence-corrected chi connectivity index (χ4v) is 3.16. The van der Waals surface area contributed by atoms with Crippen molar-refractivity contribution in [1.29, 1.82) is 5.26 Å². The van der Waals surface area contributed by atoms with E-state index >= 15 is 0 Å². The van der Waals surface area contributed by atoms with E-state index in [0.717, 1.165) is 18.4 Å². The Morgan fingerprint density at radius 2 is 1.79 bits per heavy atom. The van der Waals surface area contributed by atoms with Gasteiger partial charge in [-0.2, -0.15) is 5.26 Å². The molecule has 1 aliphatic rings. The third-order valence-corrected chi connectivity index (χ3v) is 4.80. The number of benzene rings is 1. The average molecular weight is 401 g/mol. The number of amides is 2. The summed E-state index contributed by atoms with van der Waals surface area (Å²) >= 11 is 0. The van der Waals surface area contributed by atoms with Crippen LogP contribution in [0.25, 0.3) is 0 Å². The molecule has 0 heterocycles. The first-order chi connectivity index (χ1) is 13.8. The van der Waals surface area contributed by atoms with Gasteiger partial charge in [0.2, 0.25) is 0 Å². The molecule has 2 amide bonds. The highest BCUT2D eigenvalue weighted by Gasteiger charge is 2.36. The molecule has 0 saturated heterocycles. The van der Waals surface area contributed by atoms with Crippen LogP contribution in [-0.2, 0) is 25.7 Å². The molecular weight excluding hydrogens is 374 g/mol. The minimum absolute atomic E-state index is 0.0746. The standard InChI is InChI=1S/C21H27N3O5/c1-15(2)18(23-20(27)29-12-16-8-4-3-5-9-16)19(26)28-13-17(25)24-21(14-22)10-6-7-11-21/h3-5,8-9,15,18H,6-7,10-13H2,1-2H3,(H,23,27)(H,24,25)/t18-/m1/s1. The largest absolute Gasteiger partial charge is 0.454 e. The zero-order valence-electron chi connectivity index (χ0n) is 16.8. The van der Waals surface area contributed by atoms with Gasteiger partial charge in [-0.3, -0.25) is 4.79 Å². The van der Waals surface area contributed by atoms with E-state index in [0.29, 0.717) is 12.8 Å². The number of rotatable bonds is 8. The number of hydrogen-bond acceptors (Lipinski definition) is 6. The molecule has 29 heavy (non-hydrogen) atoms. The molecule has 0 radical (unpaired) electrons. The van der Waals surface area contributed by atoms with Crippen molar-refractivity contribution < 1.29 is 23.9 Å². The summed E-state index contributed by atoms with van der Waals surface area (Å²) in [6, 6.07) is 10.3. The lowest BCUT2D eigenvalue weighted by Crippen LogP contribution is -2.49. The van der Waals surface area contributed by atoms with Crippen LogP contribution in [0.3, 0.4) is 0 Å². The highest BCUT2D eigenvalue weighted by Crippen LogP contribution is 2.28. The number of alkyl carbamates (subject to hydrolysis) is 1. The molecule has 0 spiro atoms. The minimum atomic E-state index is -0.956. The molecule has 1 aromatic carbocycles. The van der Waals surface area contributed by atoms with Crippen LogP contribution in [0.2, 0.25) is 0 Å². The zero-order chi connectivity index (χ0) is 21.3. The SMILES string of the molecule is CC(C)[C@@H](NC(=O)OCc1ccccc1)C(=O)OCC(=O)NC1(C#N)CCCC1. The Morgan fingerprint density at radius 1 is 1.14 bits per heavy atom. The number of nitrogens with one attached hydrogen (secondary N) is 2. The molecule has 1 atom stereocenters. The normalized spacial score (nSPS) is 15.8. The number of nitriles is 1. The Hall–Kier alpha value is -3.08. The minimum Gasteiger partial charge on any atom is -0.454 e. The second-order valence-electron chi connectivity index (χ2n) is 7.48. The van der Waals surface area contributed by atoms with Crippen LogP contribution in [-0.4, -0.2) is 36.2 Å². The summed E-state index contributed by atoms with van der Waals surface area (Å²) in [7, 11) is 0. The molecule has 0 unspecified atom stereocenters. The molecule has 8 nitrogen and oxygen atoms in total. The van der Waals surface area contributed by atoms with Crippen LogP contribution in [0.5, 0.6) is 0 Å². The summed E-state index contributed by atoms with van der Waals surface area (Å²) in [6.45, 7) is 3.05. The average Bonchev–Trinajstić information content (AvgIpc) is 3.18. The molecule has 1 fully saturated rings. The zero-order valence-corrected chi connectivity index (χ0v) is 16.8. The molecule has 0 aliphatic heterocycles. The van der Waals surface area contributed by atoms with Crippen LogP contribution in [0, 0.1) is 17.2 Å². The summed E-state index contributed by atoms with van der Waals surface area (Å²) in [5.41, 5.74) is -0.0539. The van der Waals surface area contributed by atoms with E-state index in [1.807, 2.05) is 30.3 Å². The lowest BCUT2D eigenvalue weighted by Gasteiger charge is -2.23. The summed E-state index contributed by atoms with van der Waals surface area (Å²) in [5.74, 6) is -1.53. The van der Waals surface area contributed by atoms with Gasteiger partial charge >= 0.3 is 12.1 Å². The van der Waals surface area contributed by atoms with E-state index in [9.17, 15) is 19.6 Å². The third kappa shape index (κ3) is 6.79. The van der Waals surface area contributed by atoms with Crippen molar-refractivity contribution in [3.05, 3.63) is 35.9 Å². The van der Waals surface area contributed by atoms with Gasteiger partial charge in [0.1, 0.15) is 18.2 Å². The first-order valence-corrected chi connectivity index (χ1v) is 9.71. The summed E-state index contributed by atoms with van der Waals surface area (Å²) in [5, 5.41) is 14.4. The molecule has 0 aromatic heterocycles. The van der Waals surface area contributed by atoms with Crippen LogP contribution in [0.1, 0.15) is 45.1 Å². The Labute approximate surface area is 170 Å². The molecular formula is C21H27N3O5. The maximum atomic E-state index is 12.3. The lowest BCUT2D eigenvalue weighted by atomic mass is 10.00. The van der Waals surface area contributed by atoms with Crippen LogP contribution in [0.4, 0.5) is 4.79 Å². The van der Waals surface area contributed by atoms with Gasteiger partial charge < -0.3 is 20.1 Å². The van der Waals surface area contributed by atoms with Gasteiger partial charge in [-0.05, 0) is 37.2 Å². The van der Waals surface area contributed by atoms with Crippen molar-refractivity contribution in [2.24, 2.45) is 5.92 Å². The number of nitrogens with zero attached hydrogens (tertiary/aromatic N) is 1. The second-order valence-corrected chi connectivity index (χ2v) is 7.48. The van der Waals surface area contributed by atoms with Gasteiger partial charge in [0, 0.05) is 0 Å². The molecule has 2 N–H and O–H groups in total. The van der Waals surface area contributed by atoms with E-state index in [4.69, 9.17) is 9.47 Å². The van der Waals surface area contributed by atoms with Crippen LogP contribution >= 0.6 is 0 Å². The monoisotopic (exact) mass is 401 g/mol. The predicted molar refractivity (Wildman–Crippen MR) is 104 cm³/mol. The van der Waals surface area contributed by atoms with Crippen molar-refractivity contribution in [3.63, 3.8) is 0 Å². The highest BCUT2D eigenvalue weighted by atomic mass is 16.6. The first-order valence-electron chi connectivity index (χ1n) is 9.71. The maximum absolute atomic E-state index is 12.3. The van der Waals surface area contributed by atoms with Gasteiger partial charge in [-0.1, -0.05) is 44.2 Å². The van der Waals surface area contributed by atoms with Gasteiger partial charge in [-0.25, -0.2) is 9.59 Å². The quantitative estimate of drug-likeness (QED) is 0.646. The van der Waals surface area contributed by atoms with Gasteiger partial charge in [-0.15, -0.1) is 0 Å². The molecule has 156 valence electrons. The Kier molecular flexibility index (Phi) is 8.01. The van der Waals surface area contributed by atoms with Crippen LogP contribution < -0.4 is 10.6 Å². The number of ether oxygens (including phenoxy) is 2. The van der Waals surface area contributed by atoms with Crippen molar-refractivity contribution in [1.82, 2.24) is 10.6 Å². The molecule has 8 heteroatoms. The van der Waals surface area contributed by atoms with Gasteiger partial charge in [0.25, 0.3) is 5.91 Å². The molecule has 1 aliphatic carbocycles. The fourth-order valence-electron chi connectivity index (χ4n) is 3.16. The number of carbonyl (C=O) groups excluding carboxylic acids is 3. The smallest absolute Gasteiger partial charge is 0.408 e. The van der Waals surface area contributed by atoms with Crippen molar-refractivity contribution in [2.45, 2.75) is 57.7 Å². The highest BCUT2D eigenvalue weighted by molar-refractivity contribution is 5.85. The van der Waals surface area contributed by atoms with E-state index in [1.54, 1.807) is 13.8 Å². The molecule has 0 bridgehead atoms. The predicted octanol–water partition coefficient (Wildman–Crippen LogP) is 2.43. The van der Waals surface area contributed by atoms with Crippen molar-refractivity contribution in [2.75, 3.05) is 6.61 Å². The van der Waals surface area contributed by atoms with Gasteiger partial charge in [0.15, 0.2) is 6.61 Å². The number of hydrogen-bond donors (Lipinski definition) is 2. The molecule has 1 aromatic rings. The third-order valence-electron chi connectivity index (χ3n) is 4.80. The second kappa shape index (κ2) is 10.5. The Balaban J connectivity index is 1.81. The van der Waals surface area contributed by atoms with E-state index in [1.165, 1.54) is 0 Å². The van der Waals surface area contributed by atoms with E-state index in [-0.39, 0.29) is 12.5 Å². The summed E-state index contributed by atoms with van der Waals surface area (Å²) in [4.78, 5) is 36.5. The Morgan fingerprint density at radius 3 is 2.38 bits per heavy atom. The maximum Gasteiger partial charge on any atom is 0.408 e. The first kappa shape index (κ1) is 22.2. The van der Waals surface area contributed by atoms with E-state index in [2.05, 4.69) is 16.7 Å². The summed E-state index contributed by atoms with van der Waals surface area (Å²) in [6.07, 6.45) is 2.18. The van der Waals surface area contributed by atoms with Gasteiger partial charge in [0.05, 0.1) is 6.07 Å². The topological polar surface area (TPSA) is 118 Å². The van der Waals surface area contributed by atoms with Crippen molar-refractivity contribution >= 4 is 18.0 Å². The van der Waals surface area contributed by atoms with Crippen LogP contribution in [0.15, 0.2) is 30.3 Å². The Bertz CT molecular complexity index is 751. The molecule has 1 saturated carbocycles. The molecule has 2 rings (SSSR count). The number of carbonyl (C=O) groups is 3. The number of esters is 1. The van der Waals surface area contributed by atoms with E-state index < -0.39 is 36.2 Å². The lowest BCUT2D eigenvalue weighted by molar-refractivity contribution is -0.151. The fraction of sp³-hybridized carbons (Fsp3) is 0.524. The summed E-state index contributed by atoms with van der Waals surface area (Å²) < 4.78 is 10.2.